The summed E-state index contributed by atoms with van der Waals surface area (Å²) in [6, 6.07) is 0. The van der Waals surface area contributed by atoms with Crippen LogP contribution in [0.15, 0.2) is 72.9 Å². The van der Waals surface area contributed by atoms with E-state index in [1.807, 2.05) is 0 Å². The van der Waals surface area contributed by atoms with Crippen LogP contribution in [-0.2, 0) is 28.6 Å². The van der Waals surface area contributed by atoms with E-state index in [-0.39, 0.29) is 31.1 Å². The molecule has 0 spiro atoms. The number of ether oxygens (including phenoxy) is 3. The summed E-state index contributed by atoms with van der Waals surface area (Å²) in [7, 11) is 0. The Balaban J connectivity index is 4.13. The van der Waals surface area contributed by atoms with E-state index in [2.05, 4.69) is 93.7 Å². The van der Waals surface area contributed by atoms with Crippen LogP contribution in [0.3, 0.4) is 0 Å². The van der Waals surface area contributed by atoms with Crippen LogP contribution in [0.5, 0.6) is 0 Å². The second kappa shape index (κ2) is 71.3. The smallest absolute Gasteiger partial charge is 0.306 e. The molecule has 0 aromatic heterocycles. The zero-order valence-corrected chi connectivity index (χ0v) is 55.5. The number of carbonyl (C=O) groups is 3. The number of hydrogen-bond acceptors (Lipinski definition) is 6. The van der Waals surface area contributed by atoms with Gasteiger partial charge >= 0.3 is 17.9 Å². The van der Waals surface area contributed by atoms with Crippen molar-refractivity contribution in [3.8, 4) is 0 Å². The van der Waals surface area contributed by atoms with Crippen LogP contribution in [0, 0.1) is 0 Å². The molecule has 0 saturated carbocycles. The van der Waals surface area contributed by atoms with E-state index in [1.54, 1.807) is 0 Å². The molecule has 0 bridgehead atoms. The summed E-state index contributed by atoms with van der Waals surface area (Å²) in [4.78, 5) is 38.3. The number of rotatable bonds is 67. The highest BCUT2D eigenvalue weighted by Gasteiger charge is 2.19. The van der Waals surface area contributed by atoms with Gasteiger partial charge in [0.25, 0.3) is 0 Å². The maximum absolute atomic E-state index is 12.9. The quantitative estimate of drug-likeness (QED) is 0.0261. The van der Waals surface area contributed by atoms with E-state index in [9.17, 15) is 14.4 Å². The van der Waals surface area contributed by atoms with Gasteiger partial charge in [0.1, 0.15) is 13.2 Å². The summed E-state index contributed by atoms with van der Waals surface area (Å²) in [5.74, 6) is -0.856. The van der Waals surface area contributed by atoms with Crippen molar-refractivity contribution in [2.45, 2.75) is 386 Å². The van der Waals surface area contributed by atoms with Crippen LogP contribution in [0.1, 0.15) is 380 Å². The lowest BCUT2D eigenvalue weighted by Crippen LogP contribution is -2.30. The van der Waals surface area contributed by atoms with E-state index in [1.165, 1.54) is 244 Å². The van der Waals surface area contributed by atoms with Gasteiger partial charge < -0.3 is 14.2 Å². The van der Waals surface area contributed by atoms with Crippen molar-refractivity contribution >= 4 is 17.9 Å². The molecule has 0 aromatic rings. The molecule has 0 N–H and O–H groups in total. The van der Waals surface area contributed by atoms with Gasteiger partial charge in [-0.25, -0.2) is 0 Å². The molecule has 0 saturated heterocycles. The summed E-state index contributed by atoms with van der Waals surface area (Å²) in [5, 5.41) is 0. The maximum Gasteiger partial charge on any atom is 0.306 e. The molecule has 0 aromatic carbocycles. The molecule has 0 amide bonds. The van der Waals surface area contributed by atoms with Gasteiger partial charge in [0.2, 0.25) is 0 Å². The Morgan fingerprint density at radius 1 is 0.253 bits per heavy atom. The minimum Gasteiger partial charge on any atom is -0.462 e. The average molecular weight is 1160 g/mol. The maximum atomic E-state index is 12.9. The van der Waals surface area contributed by atoms with Crippen molar-refractivity contribution in [2.75, 3.05) is 13.2 Å². The Bertz CT molecular complexity index is 1520. The molecule has 0 aliphatic rings. The summed E-state index contributed by atoms with van der Waals surface area (Å²) < 4.78 is 17.0. The molecule has 6 heteroatoms. The molecule has 482 valence electrons. The first-order valence-electron chi connectivity index (χ1n) is 36.4. The average Bonchev–Trinajstić information content (AvgIpc) is 3.49. The standard InChI is InChI=1S/C77H138O6/c1-4-7-10-13-16-19-21-23-25-27-29-31-33-35-37-38-40-41-43-45-47-49-51-53-55-58-61-64-67-70-76(79)82-73-74(72-81-75(78)69-66-63-60-57-18-15-12-9-6-3)83-77(80)71-68-65-62-59-56-54-52-50-48-46-44-42-39-36-34-32-30-28-26-24-22-20-17-14-11-8-5-2/h7,10,16,19,23,25,29,31,35,37,40-41,74H,4-6,8-9,11-15,17-18,20-22,24,26-28,30,32-34,36,38-39,42-73H2,1-3H3/b10-7-,19-16-,25-23-,31-29-,37-35-,41-40-. The molecule has 0 fully saturated rings. The van der Waals surface area contributed by atoms with Crippen LogP contribution >= 0.6 is 0 Å². The van der Waals surface area contributed by atoms with Crippen molar-refractivity contribution in [3.05, 3.63) is 72.9 Å². The van der Waals surface area contributed by atoms with Gasteiger partial charge in [-0.1, -0.05) is 363 Å². The molecular weight excluding hydrogens is 1020 g/mol. The van der Waals surface area contributed by atoms with Gasteiger partial charge in [0.05, 0.1) is 0 Å². The van der Waals surface area contributed by atoms with Crippen molar-refractivity contribution in [3.63, 3.8) is 0 Å². The lowest BCUT2D eigenvalue weighted by molar-refractivity contribution is -0.167. The topological polar surface area (TPSA) is 78.9 Å². The summed E-state index contributed by atoms with van der Waals surface area (Å²) in [6.45, 7) is 6.56. The first-order valence-corrected chi connectivity index (χ1v) is 36.4. The van der Waals surface area contributed by atoms with Gasteiger partial charge in [-0.2, -0.15) is 0 Å². The molecule has 0 radical (unpaired) electrons. The summed E-state index contributed by atoms with van der Waals surface area (Å²) in [5.41, 5.74) is 0. The van der Waals surface area contributed by atoms with Gasteiger partial charge in [-0.05, 0) is 70.6 Å². The number of carbonyl (C=O) groups excluding carboxylic acids is 3. The van der Waals surface area contributed by atoms with Crippen LogP contribution in [-0.4, -0.2) is 37.2 Å². The van der Waals surface area contributed by atoms with Gasteiger partial charge in [0.15, 0.2) is 6.10 Å². The van der Waals surface area contributed by atoms with E-state index in [4.69, 9.17) is 14.2 Å². The molecular formula is C77H138O6. The normalized spacial score (nSPS) is 12.5. The van der Waals surface area contributed by atoms with E-state index >= 15 is 0 Å². The predicted molar refractivity (Wildman–Crippen MR) is 362 cm³/mol. The van der Waals surface area contributed by atoms with Gasteiger partial charge in [0, 0.05) is 19.3 Å². The zero-order chi connectivity index (χ0) is 59.9. The van der Waals surface area contributed by atoms with Crippen LogP contribution in [0.4, 0.5) is 0 Å². The molecule has 1 unspecified atom stereocenters. The third-order valence-electron chi connectivity index (χ3n) is 16.2. The monoisotopic (exact) mass is 1160 g/mol. The van der Waals surface area contributed by atoms with E-state index < -0.39 is 6.10 Å². The van der Waals surface area contributed by atoms with Crippen molar-refractivity contribution in [1.29, 1.82) is 0 Å². The first-order chi connectivity index (χ1) is 41.0. The van der Waals surface area contributed by atoms with Crippen LogP contribution in [0.25, 0.3) is 0 Å². The summed E-state index contributed by atoms with van der Waals surface area (Å²) in [6.07, 6.45) is 93.8. The third kappa shape index (κ3) is 69.5. The lowest BCUT2D eigenvalue weighted by atomic mass is 10.0. The molecule has 1 atom stereocenters. The Morgan fingerprint density at radius 3 is 0.735 bits per heavy atom. The second-order valence-electron chi connectivity index (χ2n) is 24.5. The zero-order valence-electron chi connectivity index (χ0n) is 55.5. The Morgan fingerprint density at radius 2 is 0.470 bits per heavy atom. The molecule has 83 heavy (non-hydrogen) atoms. The Labute approximate surface area is 516 Å². The Hall–Kier alpha value is -3.15. The molecule has 0 heterocycles. The fraction of sp³-hybridized carbons (Fsp3) is 0.805. The van der Waals surface area contributed by atoms with Crippen LogP contribution in [0.2, 0.25) is 0 Å². The van der Waals surface area contributed by atoms with Crippen molar-refractivity contribution < 1.29 is 28.6 Å². The number of hydrogen-bond donors (Lipinski definition) is 0. The number of esters is 3. The lowest BCUT2D eigenvalue weighted by Gasteiger charge is -2.18. The van der Waals surface area contributed by atoms with E-state index in [0.29, 0.717) is 19.3 Å². The predicted octanol–water partition coefficient (Wildman–Crippen LogP) is 25.2. The number of unbranched alkanes of at least 4 members (excludes halogenated alkanes) is 44. The second-order valence-corrected chi connectivity index (χ2v) is 24.5. The highest BCUT2D eigenvalue weighted by molar-refractivity contribution is 5.71. The molecule has 0 rings (SSSR count). The fourth-order valence-electron chi connectivity index (χ4n) is 10.8. The summed E-state index contributed by atoms with van der Waals surface area (Å²) >= 11 is 0. The fourth-order valence-corrected chi connectivity index (χ4v) is 10.8. The van der Waals surface area contributed by atoms with Crippen molar-refractivity contribution in [2.24, 2.45) is 0 Å². The molecule has 6 nitrogen and oxygen atoms in total. The number of allylic oxidation sites excluding steroid dienone is 12. The largest absolute Gasteiger partial charge is 0.462 e. The third-order valence-corrected chi connectivity index (χ3v) is 16.2. The highest BCUT2D eigenvalue weighted by Crippen LogP contribution is 2.19. The molecule has 0 aliphatic carbocycles. The first kappa shape index (κ1) is 79.8. The SMILES string of the molecule is CC/C=C\C/C=C\C/C=C\C/C=C\C/C=C\C/C=C\CCCCCCCCCCCCC(=O)OCC(COC(=O)CCCCCCCCCCC)OC(=O)CCCCCCCCCCCCCCCCCCCCCCCCCCCCC. The van der Waals surface area contributed by atoms with Gasteiger partial charge in [-0.3, -0.25) is 14.4 Å². The van der Waals surface area contributed by atoms with Crippen LogP contribution < -0.4 is 0 Å². The Kier molecular flexibility index (Phi) is 68.6. The van der Waals surface area contributed by atoms with Gasteiger partial charge in [-0.15, -0.1) is 0 Å². The minimum absolute atomic E-state index is 0.0711. The van der Waals surface area contributed by atoms with E-state index in [0.717, 1.165) is 96.3 Å². The van der Waals surface area contributed by atoms with Crippen molar-refractivity contribution in [1.82, 2.24) is 0 Å². The minimum atomic E-state index is -0.774. The highest BCUT2D eigenvalue weighted by atomic mass is 16.6. The molecule has 0 aliphatic heterocycles.